The van der Waals surface area contributed by atoms with E-state index >= 15 is 0 Å². The summed E-state index contributed by atoms with van der Waals surface area (Å²) in [6.45, 7) is 5.42. The van der Waals surface area contributed by atoms with Gasteiger partial charge in [-0.3, -0.25) is 9.69 Å². The average Bonchev–Trinajstić information content (AvgIpc) is 2.80. The number of nitrogens with zero attached hydrogens (tertiary/aromatic N) is 2. The van der Waals surface area contributed by atoms with Crippen LogP contribution in [-0.4, -0.2) is 42.0 Å². The highest BCUT2D eigenvalue weighted by Crippen LogP contribution is 2.22. The molecule has 0 spiro atoms. The number of nitrogens with one attached hydrogen (secondary N) is 1. The minimum atomic E-state index is -0.559. The zero-order valence-electron chi connectivity index (χ0n) is 14.3. The van der Waals surface area contributed by atoms with Crippen LogP contribution < -0.4 is 5.32 Å². The Balaban J connectivity index is 1.92. The Morgan fingerprint density at radius 3 is 2.48 bits per heavy atom. The van der Waals surface area contributed by atoms with Gasteiger partial charge < -0.3 is 5.32 Å². The van der Waals surface area contributed by atoms with E-state index in [2.05, 4.69) is 12.2 Å². The van der Waals surface area contributed by atoms with E-state index in [-0.39, 0.29) is 11.9 Å². The molecule has 1 N–H and O–H groups in total. The Morgan fingerprint density at radius 2 is 1.83 bits per heavy atom. The summed E-state index contributed by atoms with van der Waals surface area (Å²) in [7, 11) is 1.95. The number of aryl methyl sites for hydroxylation is 1. The van der Waals surface area contributed by atoms with Crippen LogP contribution in [0.5, 0.6) is 0 Å². The molecular weight excluding hydrogens is 290 g/mol. The lowest BCUT2D eigenvalue weighted by Crippen LogP contribution is -2.40. The third-order valence-corrected chi connectivity index (χ3v) is 4.21. The van der Waals surface area contributed by atoms with Crippen LogP contribution in [0, 0.1) is 6.92 Å². The Morgan fingerprint density at radius 1 is 1.13 bits per heavy atom. The summed E-state index contributed by atoms with van der Waals surface area (Å²) in [5.74, 6) is -0.167. The normalized spacial score (nSPS) is 17.9. The minimum absolute atomic E-state index is 0.167. The summed E-state index contributed by atoms with van der Waals surface area (Å²) in [6, 6.07) is 6.85. The molecule has 1 saturated heterocycles. The maximum atomic E-state index is 12.5. The van der Waals surface area contributed by atoms with Gasteiger partial charge in [-0.25, -0.2) is 9.69 Å². The van der Waals surface area contributed by atoms with Crippen LogP contribution >= 0.6 is 0 Å². The lowest BCUT2D eigenvalue weighted by molar-refractivity contribution is -0.128. The Hall–Kier alpha value is -1.88. The molecule has 0 aromatic heterocycles. The van der Waals surface area contributed by atoms with Crippen molar-refractivity contribution in [2.75, 3.05) is 20.3 Å². The first kappa shape index (κ1) is 17.5. The van der Waals surface area contributed by atoms with E-state index in [0.29, 0.717) is 6.67 Å². The van der Waals surface area contributed by atoms with Crippen molar-refractivity contribution < 1.29 is 9.59 Å². The van der Waals surface area contributed by atoms with Gasteiger partial charge in [0.1, 0.15) is 6.04 Å². The SMILES string of the molecule is CCCCCCN(C)CN1C(=O)NC(c2ccc(C)cc2)C1=O. The molecule has 0 saturated carbocycles. The third-order valence-electron chi connectivity index (χ3n) is 4.21. The van der Waals surface area contributed by atoms with Gasteiger partial charge in [0, 0.05) is 0 Å². The summed E-state index contributed by atoms with van der Waals surface area (Å²) in [4.78, 5) is 28.0. The number of hydrogen-bond donors (Lipinski definition) is 1. The van der Waals surface area contributed by atoms with Gasteiger partial charge in [-0.05, 0) is 32.5 Å². The van der Waals surface area contributed by atoms with Crippen molar-refractivity contribution in [3.05, 3.63) is 35.4 Å². The van der Waals surface area contributed by atoms with Crippen molar-refractivity contribution in [3.63, 3.8) is 0 Å². The predicted molar refractivity (Wildman–Crippen MR) is 90.9 cm³/mol. The Bertz CT molecular complexity index is 542. The van der Waals surface area contributed by atoms with Gasteiger partial charge in [0.15, 0.2) is 0 Å². The summed E-state index contributed by atoms with van der Waals surface area (Å²) in [6.07, 6.45) is 4.71. The summed E-state index contributed by atoms with van der Waals surface area (Å²) < 4.78 is 0. The molecule has 0 aliphatic carbocycles. The highest BCUT2D eigenvalue weighted by atomic mass is 16.2. The molecule has 1 aromatic carbocycles. The number of amides is 3. The van der Waals surface area contributed by atoms with Crippen LogP contribution in [0.1, 0.15) is 49.8 Å². The topological polar surface area (TPSA) is 52.6 Å². The molecule has 1 aromatic rings. The van der Waals surface area contributed by atoms with E-state index < -0.39 is 6.04 Å². The van der Waals surface area contributed by atoms with Crippen molar-refractivity contribution in [1.29, 1.82) is 0 Å². The molecule has 1 aliphatic heterocycles. The number of urea groups is 1. The monoisotopic (exact) mass is 317 g/mol. The minimum Gasteiger partial charge on any atom is -0.322 e. The molecule has 23 heavy (non-hydrogen) atoms. The number of unbranched alkanes of at least 4 members (excludes halogenated alkanes) is 3. The van der Waals surface area contributed by atoms with E-state index in [1.807, 2.05) is 43.1 Å². The molecule has 126 valence electrons. The highest BCUT2D eigenvalue weighted by Gasteiger charge is 2.39. The quantitative estimate of drug-likeness (QED) is 0.592. The van der Waals surface area contributed by atoms with Crippen LogP contribution in [-0.2, 0) is 4.79 Å². The summed E-state index contributed by atoms with van der Waals surface area (Å²) in [5.41, 5.74) is 1.97. The second kappa shape index (κ2) is 8.11. The molecule has 2 rings (SSSR count). The second-order valence-corrected chi connectivity index (χ2v) is 6.34. The zero-order valence-corrected chi connectivity index (χ0v) is 14.3. The molecule has 5 nitrogen and oxygen atoms in total. The molecule has 1 atom stereocenters. The van der Waals surface area contributed by atoms with E-state index in [4.69, 9.17) is 0 Å². The number of rotatable bonds is 8. The number of carbonyl (C=O) groups excluding carboxylic acids is 2. The largest absolute Gasteiger partial charge is 0.326 e. The van der Waals surface area contributed by atoms with Gasteiger partial charge in [0.2, 0.25) is 0 Å². The maximum absolute atomic E-state index is 12.5. The number of benzene rings is 1. The molecule has 3 amide bonds. The molecule has 5 heteroatoms. The van der Waals surface area contributed by atoms with Crippen LogP contribution in [0.4, 0.5) is 4.79 Å². The standard InChI is InChI=1S/C18H27N3O2/c1-4-5-6-7-12-20(3)13-21-17(22)16(19-18(21)23)15-10-8-14(2)9-11-15/h8-11,16H,4-7,12-13H2,1-3H3,(H,19,23). The number of carbonyl (C=O) groups is 2. The van der Waals surface area contributed by atoms with Crippen molar-refractivity contribution in [3.8, 4) is 0 Å². The molecular formula is C18H27N3O2. The fourth-order valence-electron chi connectivity index (χ4n) is 2.76. The Kier molecular flexibility index (Phi) is 6.16. The van der Waals surface area contributed by atoms with Crippen LogP contribution in [0.15, 0.2) is 24.3 Å². The van der Waals surface area contributed by atoms with Crippen LogP contribution in [0.2, 0.25) is 0 Å². The second-order valence-electron chi connectivity index (χ2n) is 6.34. The number of hydrogen-bond acceptors (Lipinski definition) is 3. The molecule has 1 heterocycles. The van der Waals surface area contributed by atoms with E-state index in [0.717, 1.165) is 24.1 Å². The van der Waals surface area contributed by atoms with Crippen LogP contribution in [0.3, 0.4) is 0 Å². The van der Waals surface area contributed by atoms with Crippen molar-refractivity contribution >= 4 is 11.9 Å². The summed E-state index contributed by atoms with van der Waals surface area (Å²) in [5, 5.41) is 2.78. The highest BCUT2D eigenvalue weighted by molar-refractivity contribution is 6.04. The van der Waals surface area contributed by atoms with Crippen molar-refractivity contribution in [2.45, 2.75) is 45.6 Å². The molecule has 0 bridgehead atoms. The fourth-order valence-corrected chi connectivity index (χ4v) is 2.76. The molecule has 1 fully saturated rings. The summed E-state index contributed by atoms with van der Waals surface area (Å²) >= 11 is 0. The van der Waals surface area contributed by atoms with Gasteiger partial charge in [-0.15, -0.1) is 0 Å². The van der Waals surface area contributed by atoms with Crippen molar-refractivity contribution in [1.82, 2.24) is 15.1 Å². The zero-order chi connectivity index (χ0) is 16.8. The van der Waals surface area contributed by atoms with Crippen molar-refractivity contribution in [2.24, 2.45) is 0 Å². The molecule has 0 radical (unpaired) electrons. The molecule has 1 aliphatic rings. The maximum Gasteiger partial charge on any atom is 0.326 e. The van der Waals surface area contributed by atoms with Gasteiger partial charge in [0.05, 0.1) is 6.67 Å². The Labute approximate surface area is 138 Å². The average molecular weight is 317 g/mol. The number of imide groups is 1. The van der Waals surface area contributed by atoms with Gasteiger partial charge in [0.25, 0.3) is 5.91 Å². The predicted octanol–water partition coefficient (Wildman–Crippen LogP) is 3.06. The third kappa shape index (κ3) is 4.55. The smallest absolute Gasteiger partial charge is 0.322 e. The van der Waals surface area contributed by atoms with Gasteiger partial charge in [-0.1, -0.05) is 56.0 Å². The van der Waals surface area contributed by atoms with E-state index in [1.54, 1.807) is 0 Å². The first-order valence-corrected chi connectivity index (χ1v) is 8.40. The fraction of sp³-hybridized carbons (Fsp3) is 0.556. The van der Waals surface area contributed by atoms with E-state index in [1.165, 1.54) is 24.2 Å². The lowest BCUT2D eigenvalue weighted by atomic mass is 10.1. The first-order chi connectivity index (χ1) is 11.0. The van der Waals surface area contributed by atoms with E-state index in [9.17, 15) is 9.59 Å². The van der Waals surface area contributed by atoms with Gasteiger partial charge in [-0.2, -0.15) is 0 Å². The van der Waals surface area contributed by atoms with Crippen LogP contribution in [0.25, 0.3) is 0 Å². The molecule has 1 unspecified atom stereocenters. The first-order valence-electron chi connectivity index (χ1n) is 8.40. The van der Waals surface area contributed by atoms with Gasteiger partial charge >= 0.3 is 6.03 Å². The lowest BCUT2D eigenvalue weighted by Gasteiger charge is -2.22.